The summed E-state index contributed by atoms with van der Waals surface area (Å²) < 4.78 is 7.23. The third-order valence-corrected chi connectivity index (χ3v) is 4.57. The van der Waals surface area contributed by atoms with Gasteiger partial charge in [0.25, 0.3) is 11.8 Å². The van der Waals surface area contributed by atoms with Gasteiger partial charge in [-0.1, -0.05) is 37.1 Å². The minimum absolute atomic E-state index is 0.0673. The van der Waals surface area contributed by atoms with E-state index >= 15 is 0 Å². The first-order valence-corrected chi connectivity index (χ1v) is 9.85. The first-order valence-electron chi connectivity index (χ1n) is 9.47. The van der Waals surface area contributed by atoms with Crippen LogP contribution in [0.5, 0.6) is 5.75 Å². The van der Waals surface area contributed by atoms with E-state index in [9.17, 15) is 9.59 Å². The Morgan fingerprint density at radius 1 is 1.07 bits per heavy atom. The van der Waals surface area contributed by atoms with Gasteiger partial charge in [-0.25, -0.2) is 4.98 Å². The molecule has 3 aromatic rings. The quantitative estimate of drug-likeness (QED) is 0.554. The first-order chi connectivity index (χ1) is 14.1. The van der Waals surface area contributed by atoms with Gasteiger partial charge < -0.3 is 9.30 Å². The van der Waals surface area contributed by atoms with Crippen LogP contribution >= 0.6 is 11.6 Å². The molecule has 0 saturated heterocycles. The largest absolute Gasteiger partial charge is 0.484 e. The van der Waals surface area contributed by atoms with Gasteiger partial charge in [0.15, 0.2) is 6.61 Å². The molecule has 0 aliphatic rings. The van der Waals surface area contributed by atoms with Crippen molar-refractivity contribution in [2.45, 2.75) is 32.7 Å². The second-order valence-corrected chi connectivity index (χ2v) is 6.98. The van der Waals surface area contributed by atoms with E-state index < -0.39 is 5.91 Å². The van der Waals surface area contributed by atoms with Gasteiger partial charge in [0.05, 0.1) is 11.0 Å². The Hall–Kier alpha value is -3.06. The van der Waals surface area contributed by atoms with Gasteiger partial charge in [0.2, 0.25) is 0 Å². The Morgan fingerprint density at radius 3 is 2.55 bits per heavy atom. The highest BCUT2D eigenvalue weighted by Gasteiger charge is 2.14. The van der Waals surface area contributed by atoms with Gasteiger partial charge in [0.1, 0.15) is 18.1 Å². The summed E-state index contributed by atoms with van der Waals surface area (Å²) >= 11 is 5.80. The molecule has 7 nitrogen and oxygen atoms in total. The first kappa shape index (κ1) is 20.7. The number of hydrazine groups is 1. The number of fused-ring (bicyclic) bond motifs is 1. The maximum absolute atomic E-state index is 12.4. The number of benzene rings is 2. The van der Waals surface area contributed by atoms with Crippen LogP contribution in [-0.2, 0) is 22.6 Å². The number of unbranched alkanes of at least 4 members (excludes halogenated alkanes) is 1. The highest BCUT2D eigenvalue weighted by molar-refractivity contribution is 6.30. The van der Waals surface area contributed by atoms with Crippen LogP contribution in [0.4, 0.5) is 0 Å². The van der Waals surface area contributed by atoms with Crippen molar-refractivity contribution in [2.75, 3.05) is 6.61 Å². The summed E-state index contributed by atoms with van der Waals surface area (Å²) in [7, 11) is 0. The molecule has 2 N–H and O–H groups in total. The molecule has 2 aromatic carbocycles. The molecule has 1 heterocycles. The second-order valence-electron chi connectivity index (χ2n) is 6.55. The fraction of sp³-hybridized carbons (Fsp3) is 0.286. The molecular weight excluding hydrogens is 392 g/mol. The van der Waals surface area contributed by atoms with Crippen LogP contribution in [0.25, 0.3) is 11.0 Å². The SMILES string of the molecule is CCCCc1nc2ccccc2n1CC(=O)NNC(=O)COc1ccc(Cl)cc1. The van der Waals surface area contributed by atoms with Gasteiger partial charge in [0, 0.05) is 11.4 Å². The van der Waals surface area contributed by atoms with Crippen molar-refractivity contribution in [1.82, 2.24) is 20.4 Å². The van der Waals surface area contributed by atoms with Crippen LogP contribution in [-0.4, -0.2) is 28.0 Å². The summed E-state index contributed by atoms with van der Waals surface area (Å²) in [4.78, 5) is 28.9. The third kappa shape index (κ3) is 5.71. The number of halogens is 1. The molecule has 8 heteroatoms. The van der Waals surface area contributed by atoms with Crippen LogP contribution in [0.1, 0.15) is 25.6 Å². The Bertz CT molecular complexity index is 985. The van der Waals surface area contributed by atoms with Crippen LogP contribution < -0.4 is 15.6 Å². The molecule has 3 rings (SSSR count). The third-order valence-electron chi connectivity index (χ3n) is 4.31. The lowest BCUT2D eigenvalue weighted by molar-refractivity contribution is -0.130. The summed E-state index contributed by atoms with van der Waals surface area (Å²) in [5.41, 5.74) is 6.54. The second kappa shape index (κ2) is 9.93. The number of nitrogens with one attached hydrogen (secondary N) is 2. The fourth-order valence-corrected chi connectivity index (χ4v) is 2.99. The van der Waals surface area contributed by atoms with E-state index in [1.807, 2.05) is 28.8 Å². The standard InChI is InChI=1S/C21H23ClN4O3/c1-2-3-8-19-23-17-6-4-5-7-18(17)26(19)13-20(27)24-25-21(28)14-29-16-11-9-15(22)10-12-16/h4-7,9-12H,2-3,8,13-14H2,1H3,(H,24,27)(H,25,28). The van der Waals surface area contributed by atoms with Crippen molar-refractivity contribution >= 4 is 34.4 Å². The molecule has 152 valence electrons. The number of carbonyl (C=O) groups is 2. The summed E-state index contributed by atoms with van der Waals surface area (Å²) in [6, 6.07) is 14.4. The van der Waals surface area contributed by atoms with Gasteiger partial charge >= 0.3 is 0 Å². The van der Waals surface area contributed by atoms with Crippen LogP contribution in [0, 0.1) is 0 Å². The molecule has 0 fully saturated rings. The molecule has 0 aliphatic heterocycles. The lowest BCUT2D eigenvalue weighted by Crippen LogP contribution is -2.45. The van der Waals surface area contributed by atoms with Gasteiger partial charge in [-0.15, -0.1) is 0 Å². The number of hydrogen-bond donors (Lipinski definition) is 2. The Kier molecular flexibility index (Phi) is 7.08. The number of aromatic nitrogens is 2. The van der Waals surface area contributed by atoms with Crippen molar-refractivity contribution < 1.29 is 14.3 Å². The van der Waals surface area contributed by atoms with E-state index in [1.165, 1.54) is 0 Å². The predicted molar refractivity (Wildman–Crippen MR) is 112 cm³/mol. The molecule has 0 bridgehead atoms. The van der Waals surface area contributed by atoms with Crippen LogP contribution in [0.15, 0.2) is 48.5 Å². The van der Waals surface area contributed by atoms with E-state index in [0.29, 0.717) is 10.8 Å². The minimum atomic E-state index is -0.463. The molecule has 1 aromatic heterocycles. The number of rotatable bonds is 8. The number of ether oxygens (including phenoxy) is 1. The van der Waals surface area contributed by atoms with E-state index in [1.54, 1.807) is 24.3 Å². The zero-order valence-corrected chi connectivity index (χ0v) is 16.9. The Balaban J connectivity index is 1.55. The van der Waals surface area contributed by atoms with Crippen molar-refractivity contribution in [3.8, 4) is 5.75 Å². The van der Waals surface area contributed by atoms with Crippen molar-refractivity contribution in [3.63, 3.8) is 0 Å². The molecule has 0 spiro atoms. The molecule has 0 saturated carbocycles. The topological polar surface area (TPSA) is 85.3 Å². The molecular formula is C21H23ClN4O3. The van der Waals surface area contributed by atoms with E-state index in [4.69, 9.17) is 16.3 Å². The lowest BCUT2D eigenvalue weighted by Gasteiger charge is -2.11. The van der Waals surface area contributed by atoms with Crippen molar-refractivity contribution in [1.29, 1.82) is 0 Å². The number of aryl methyl sites for hydroxylation is 1. The number of imidazole rings is 1. The predicted octanol–water partition coefficient (Wildman–Crippen LogP) is 3.26. The number of nitrogens with zero attached hydrogens (tertiary/aromatic N) is 2. The fourth-order valence-electron chi connectivity index (χ4n) is 2.87. The Labute approximate surface area is 174 Å². The number of hydrogen-bond acceptors (Lipinski definition) is 4. The summed E-state index contributed by atoms with van der Waals surface area (Å²) in [5, 5.41) is 0.583. The maximum atomic E-state index is 12.4. The smallest absolute Gasteiger partial charge is 0.276 e. The molecule has 0 aliphatic carbocycles. The molecule has 0 unspecified atom stereocenters. The minimum Gasteiger partial charge on any atom is -0.484 e. The monoisotopic (exact) mass is 414 g/mol. The lowest BCUT2D eigenvalue weighted by atomic mass is 10.2. The summed E-state index contributed by atoms with van der Waals surface area (Å²) in [5.74, 6) is 0.572. The number of amides is 2. The van der Waals surface area contributed by atoms with Crippen LogP contribution in [0.2, 0.25) is 5.02 Å². The summed E-state index contributed by atoms with van der Waals surface area (Å²) in [6.07, 6.45) is 2.82. The van der Waals surface area contributed by atoms with Crippen molar-refractivity contribution in [3.05, 3.63) is 59.4 Å². The van der Waals surface area contributed by atoms with E-state index in [2.05, 4.69) is 22.8 Å². The summed E-state index contributed by atoms with van der Waals surface area (Å²) in [6.45, 7) is 1.96. The van der Waals surface area contributed by atoms with Gasteiger partial charge in [-0.2, -0.15) is 0 Å². The highest BCUT2D eigenvalue weighted by Crippen LogP contribution is 2.17. The zero-order chi connectivity index (χ0) is 20.6. The van der Waals surface area contributed by atoms with Crippen LogP contribution in [0.3, 0.4) is 0 Å². The maximum Gasteiger partial charge on any atom is 0.276 e. The molecule has 0 atom stereocenters. The van der Waals surface area contributed by atoms with Gasteiger partial charge in [-0.3, -0.25) is 20.4 Å². The van der Waals surface area contributed by atoms with Gasteiger partial charge in [-0.05, 0) is 42.8 Å². The average Bonchev–Trinajstić information content (AvgIpc) is 3.07. The van der Waals surface area contributed by atoms with Crippen molar-refractivity contribution in [2.24, 2.45) is 0 Å². The molecule has 0 radical (unpaired) electrons. The Morgan fingerprint density at radius 2 is 1.79 bits per heavy atom. The highest BCUT2D eigenvalue weighted by atomic mass is 35.5. The van der Waals surface area contributed by atoms with E-state index in [-0.39, 0.29) is 19.1 Å². The molecule has 2 amide bonds. The van der Waals surface area contributed by atoms with E-state index in [0.717, 1.165) is 36.1 Å². The molecule has 29 heavy (non-hydrogen) atoms. The number of para-hydroxylation sites is 2. The number of carbonyl (C=O) groups excluding carboxylic acids is 2. The normalized spacial score (nSPS) is 10.7. The average molecular weight is 415 g/mol. The zero-order valence-electron chi connectivity index (χ0n) is 16.2.